The lowest BCUT2D eigenvalue weighted by Crippen LogP contribution is -2.43. The van der Waals surface area contributed by atoms with E-state index in [-0.39, 0.29) is 41.1 Å². The number of rotatable bonds is 4. The normalized spacial score (nSPS) is 13.9. The topological polar surface area (TPSA) is 63.1 Å². The van der Waals surface area contributed by atoms with Crippen LogP contribution in [0.3, 0.4) is 0 Å². The van der Waals surface area contributed by atoms with Crippen LogP contribution in [0.15, 0.2) is 43.0 Å². The van der Waals surface area contributed by atoms with Gasteiger partial charge in [0.15, 0.2) is 11.5 Å². The zero-order valence-corrected chi connectivity index (χ0v) is 17.4. The fraction of sp³-hybridized carbons (Fsp3) is 0.190. The first-order chi connectivity index (χ1) is 15.1. The third-order valence-electron chi connectivity index (χ3n) is 4.93. The summed E-state index contributed by atoms with van der Waals surface area (Å²) in [5, 5.41) is 2.28. The zero-order chi connectivity index (χ0) is 23.2. The number of hydrogen-bond acceptors (Lipinski definition) is 3. The highest BCUT2D eigenvalue weighted by atomic mass is 35.5. The monoisotopic (exact) mass is 465 g/mol. The molecule has 1 aromatic carbocycles. The first-order valence-corrected chi connectivity index (χ1v) is 9.84. The van der Waals surface area contributed by atoms with E-state index >= 15 is 0 Å². The number of alkyl halides is 3. The number of benzene rings is 1. The van der Waals surface area contributed by atoms with Crippen LogP contribution in [-0.2, 0) is 12.7 Å². The number of fused-ring (bicyclic) bond motifs is 1. The molecule has 2 amide bonds. The second-order valence-electron chi connectivity index (χ2n) is 7.00. The molecule has 0 aliphatic carbocycles. The van der Waals surface area contributed by atoms with Gasteiger partial charge in [0.2, 0.25) is 0 Å². The standard InChI is InChI=1S/C21H16ClF4N5O/c1-3-30-19-16(11(2)27-20(30)32)31(10-12-4-6-13(23)7-5-12)18(29-19)14-8-9-15(22)28-17(14)21(24,25)26/h4-9H,2-3,10H2,1H3,(H,27,32). The minimum atomic E-state index is -4.80. The summed E-state index contributed by atoms with van der Waals surface area (Å²) in [5.41, 5.74) is -0.383. The van der Waals surface area contributed by atoms with Crippen LogP contribution >= 0.6 is 11.6 Å². The van der Waals surface area contributed by atoms with Crippen molar-refractivity contribution in [3.05, 3.63) is 70.9 Å². The lowest BCUT2D eigenvalue weighted by molar-refractivity contribution is -0.140. The number of aromatic nitrogens is 3. The van der Waals surface area contributed by atoms with Crippen molar-refractivity contribution in [2.45, 2.75) is 19.6 Å². The molecule has 0 atom stereocenters. The molecule has 0 saturated carbocycles. The maximum atomic E-state index is 13.8. The minimum absolute atomic E-state index is 0.0459. The SMILES string of the molecule is C=C1NC(=O)N(CC)c2nc(-c3ccc(Cl)nc3C(F)(F)F)n(Cc3ccc(F)cc3)c21. The third kappa shape index (κ3) is 3.81. The Morgan fingerprint density at radius 3 is 2.44 bits per heavy atom. The number of carbonyl (C=O) groups excluding carboxylic acids is 1. The van der Waals surface area contributed by atoms with E-state index in [0.29, 0.717) is 11.3 Å². The fourth-order valence-corrected chi connectivity index (χ4v) is 3.68. The number of urea groups is 1. The lowest BCUT2D eigenvalue weighted by atomic mass is 10.1. The quantitative estimate of drug-likeness (QED) is 0.419. The zero-order valence-electron chi connectivity index (χ0n) is 16.7. The number of imidazole rings is 1. The highest BCUT2D eigenvalue weighted by Crippen LogP contribution is 2.40. The largest absolute Gasteiger partial charge is 0.434 e. The van der Waals surface area contributed by atoms with E-state index in [0.717, 1.165) is 0 Å². The highest BCUT2D eigenvalue weighted by Gasteiger charge is 2.39. The molecule has 2 aromatic heterocycles. The fourth-order valence-electron chi connectivity index (χ4n) is 3.54. The number of pyridine rings is 1. The Kier molecular flexibility index (Phi) is 5.41. The molecular weight excluding hydrogens is 450 g/mol. The predicted molar refractivity (Wildman–Crippen MR) is 112 cm³/mol. The van der Waals surface area contributed by atoms with Crippen molar-refractivity contribution in [2.75, 3.05) is 11.4 Å². The van der Waals surface area contributed by atoms with E-state index < -0.39 is 23.7 Å². The van der Waals surface area contributed by atoms with Crippen LogP contribution in [0, 0.1) is 5.82 Å². The molecule has 0 spiro atoms. The molecule has 0 saturated heterocycles. The Labute approximate surface area is 185 Å². The first kappa shape index (κ1) is 21.8. The average Bonchev–Trinajstić information content (AvgIpc) is 3.08. The van der Waals surface area contributed by atoms with Crippen molar-refractivity contribution in [3.63, 3.8) is 0 Å². The van der Waals surface area contributed by atoms with Gasteiger partial charge in [-0.25, -0.2) is 19.2 Å². The van der Waals surface area contributed by atoms with Gasteiger partial charge in [-0.15, -0.1) is 0 Å². The molecule has 0 unspecified atom stereocenters. The summed E-state index contributed by atoms with van der Waals surface area (Å²) in [6, 6.07) is 7.44. The third-order valence-corrected chi connectivity index (χ3v) is 5.15. The molecule has 32 heavy (non-hydrogen) atoms. The van der Waals surface area contributed by atoms with Gasteiger partial charge in [0.1, 0.15) is 22.5 Å². The van der Waals surface area contributed by atoms with Gasteiger partial charge in [-0.05, 0) is 36.8 Å². The Morgan fingerprint density at radius 1 is 1.12 bits per heavy atom. The van der Waals surface area contributed by atoms with Crippen molar-refractivity contribution in [1.82, 2.24) is 19.9 Å². The summed E-state index contributed by atoms with van der Waals surface area (Å²) >= 11 is 5.73. The second kappa shape index (κ2) is 7.94. The van der Waals surface area contributed by atoms with E-state index in [9.17, 15) is 22.4 Å². The van der Waals surface area contributed by atoms with E-state index in [1.807, 2.05) is 0 Å². The van der Waals surface area contributed by atoms with Crippen molar-refractivity contribution >= 4 is 29.1 Å². The molecule has 1 aliphatic heterocycles. The molecule has 3 aromatic rings. The molecule has 1 N–H and O–H groups in total. The van der Waals surface area contributed by atoms with Crippen molar-refractivity contribution in [1.29, 1.82) is 0 Å². The van der Waals surface area contributed by atoms with Crippen molar-refractivity contribution in [2.24, 2.45) is 0 Å². The maximum absolute atomic E-state index is 13.8. The van der Waals surface area contributed by atoms with Crippen LogP contribution in [0.4, 0.5) is 28.2 Å². The number of halogens is 5. The molecule has 3 heterocycles. The van der Waals surface area contributed by atoms with Crippen LogP contribution in [0.1, 0.15) is 23.9 Å². The summed E-state index contributed by atoms with van der Waals surface area (Å²) in [6.07, 6.45) is -4.80. The van der Waals surface area contributed by atoms with Gasteiger partial charge in [-0.3, -0.25) is 4.90 Å². The Bertz CT molecular complexity index is 1220. The molecule has 0 bridgehead atoms. The van der Waals surface area contributed by atoms with Crippen LogP contribution in [-0.4, -0.2) is 27.1 Å². The van der Waals surface area contributed by atoms with Gasteiger partial charge in [0.25, 0.3) is 0 Å². The highest BCUT2D eigenvalue weighted by molar-refractivity contribution is 6.29. The van der Waals surface area contributed by atoms with Crippen molar-refractivity contribution in [3.8, 4) is 11.4 Å². The summed E-state index contributed by atoms with van der Waals surface area (Å²) in [5.74, 6) is -0.356. The van der Waals surface area contributed by atoms with E-state index in [1.165, 1.54) is 45.9 Å². The van der Waals surface area contributed by atoms with Crippen molar-refractivity contribution < 1.29 is 22.4 Å². The van der Waals surface area contributed by atoms with Crippen LogP contribution in [0.2, 0.25) is 5.15 Å². The molecular formula is C21H16ClF4N5O. The molecule has 4 rings (SSSR count). The molecule has 0 radical (unpaired) electrons. The Hall–Kier alpha value is -3.40. The van der Waals surface area contributed by atoms with E-state index in [1.54, 1.807) is 6.92 Å². The Morgan fingerprint density at radius 2 is 1.81 bits per heavy atom. The average molecular weight is 466 g/mol. The minimum Gasteiger partial charge on any atom is -0.316 e. The Balaban J connectivity index is 1.99. The van der Waals surface area contributed by atoms with Crippen LogP contribution in [0.25, 0.3) is 17.1 Å². The molecule has 6 nitrogen and oxygen atoms in total. The van der Waals surface area contributed by atoms with E-state index in [2.05, 4.69) is 21.9 Å². The van der Waals surface area contributed by atoms with Crippen LogP contribution in [0.5, 0.6) is 0 Å². The smallest absolute Gasteiger partial charge is 0.316 e. The van der Waals surface area contributed by atoms with Crippen LogP contribution < -0.4 is 10.2 Å². The number of anilines is 1. The first-order valence-electron chi connectivity index (χ1n) is 9.47. The molecule has 1 aliphatic rings. The van der Waals surface area contributed by atoms with Gasteiger partial charge in [-0.1, -0.05) is 30.3 Å². The van der Waals surface area contributed by atoms with Gasteiger partial charge < -0.3 is 9.88 Å². The molecule has 166 valence electrons. The second-order valence-corrected chi connectivity index (χ2v) is 7.39. The number of carbonyl (C=O) groups is 1. The van der Waals surface area contributed by atoms with E-state index in [4.69, 9.17) is 11.6 Å². The lowest BCUT2D eigenvalue weighted by Gasteiger charge is -2.27. The summed E-state index contributed by atoms with van der Waals surface area (Å²) in [7, 11) is 0. The summed E-state index contributed by atoms with van der Waals surface area (Å²) in [6.45, 7) is 5.83. The predicted octanol–water partition coefficient (Wildman–Crippen LogP) is 5.32. The number of hydrogen-bond donors (Lipinski definition) is 1. The summed E-state index contributed by atoms with van der Waals surface area (Å²) in [4.78, 5) is 21.6. The summed E-state index contributed by atoms with van der Waals surface area (Å²) < 4.78 is 56.2. The molecule has 11 heteroatoms. The number of nitrogens with one attached hydrogen (secondary N) is 1. The number of nitrogens with zero attached hydrogens (tertiary/aromatic N) is 4. The molecule has 0 fully saturated rings. The maximum Gasteiger partial charge on any atom is 0.434 e. The van der Waals surface area contributed by atoms with Gasteiger partial charge in [0.05, 0.1) is 5.70 Å². The number of amides is 2. The van der Waals surface area contributed by atoms with Gasteiger partial charge in [-0.2, -0.15) is 13.2 Å². The van der Waals surface area contributed by atoms with Gasteiger partial charge in [0, 0.05) is 18.7 Å². The van der Waals surface area contributed by atoms with Gasteiger partial charge >= 0.3 is 12.2 Å².